The second-order valence-electron chi connectivity index (χ2n) is 17.2. The molecule has 6 aromatic rings. The monoisotopic (exact) mass is 804 g/mol. The van der Waals surface area contributed by atoms with Gasteiger partial charge in [-0.25, -0.2) is 0 Å². The summed E-state index contributed by atoms with van der Waals surface area (Å²) in [5.74, 6) is 2.74. The smallest absolute Gasteiger partial charge is 0.242 e. The molecule has 2 N–H and O–H groups in total. The molecule has 0 radical (unpaired) electrons. The van der Waals surface area contributed by atoms with Gasteiger partial charge in [0, 0.05) is 52.9 Å². The van der Waals surface area contributed by atoms with Crippen LogP contribution < -0.4 is 14.2 Å². The fourth-order valence-electron chi connectivity index (χ4n) is 10.9. The van der Waals surface area contributed by atoms with Crippen molar-refractivity contribution < 1.29 is 24.4 Å². The number of piperidine rings is 3. The Morgan fingerprint density at radius 2 is 1.57 bits per heavy atom. The fourth-order valence-corrected chi connectivity index (χ4v) is 10.9. The molecule has 308 valence electrons. The van der Waals surface area contributed by atoms with E-state index in [0.717, 1.165) is 93.8 Å². The Balaban J connectivity index is 1.06. The first kappa shape index (κ1) is 38.7. The van der Waals surface area contributed by atoms with Crippen LogP contribution in [0.1, 0.15) is 61.5 Å². The summed E-state index contributed by atoms with van der Waals surface area (Å²) in [5.41, 5.74) is 3.48. The number of hydrogen-bond acceptors (Lipinski definition) is 11. The van der Waals surface area contributed by atoms with Gasteiger partial charge in [-0.3, -0.25) is 19.8 Å². The van der Waals surface area contributed by atoms with Crippen LogP contribution in [-0.4, -0.2) is 90.6 Å². The number of methoxy groups -OCH3 is 1. The Morgan fingerprint density at radius 1 is 0.850 bits per heavy atom. The Kier molecular flexibility index (Phi) is 10.0. The molecule has 2 bridgehead atoms. The molecule has 0 spiro atoms. The normalized spacial score (nSPS) is 27.5. The summed E-state index contributed by atoms with van der Waals surface area (Å²) in [7, 11) is 1.67. The topological polar surface area (TPSA) is 126 Å². The van der Waals surface area contributed by atoms with E-state index in [2.05, 4.69) is 36.0 Å². The van der Waals surface area contributed by atoms with E-state index in [4.69, 9.17) is 34.4 Å². The Labute approximate surface area is 350 Å². The van der Waals surface area contributed by atoms with E-state index in [0.29, 0.717) is 36.2 Å². The van der Waals surface area contributed by atoms with Gasteiger partial charge in [0.1, 0.15) is 18.0 Å². The van der Waals surface area contributed by atoms with Gasteiger partial charge in [0.05, 0.1) is 47.2 Å². The molecule has 10 atom stereocenters. The molecule has 1 saturated carbocycles. The number of nitrogens with zero attached hydrogens (tertiary/aromatic N) is 6. The summed E-state index contributed by atoms with van der Waals surface area (Å²) in [6, 6.07) is 24.3. The molecule has 4 saturated heterocycles. The van der Waals surface area contributed by atoms with Gasteiger partial charge in [0.2, 0.25) is 11.8 Å². The van der Waals surface area contributed by atoms with Crippen molar-refractivity contribution in [1.29, 1.82) is 0 Å². The zero-order chi connectivity index (χ0) is 41.1. The van der Waals surface area contributed by atoms with Crippen molar-refractivity contribution in [3.8, 4) is 17.5 Å². The van der Waals surface area contributed by atoms with Crippen LogP contribution in [0.3, 0.4) is 0 Å². The highest BCUT2D eigenvalue weighted by Gasteiger charge is 2.51. The van der Waals surface area contributed by atoms with Crippen LogP contribution in [0.15, 0.2) is 111 Å². The van der Waals surface area contributed by atoms with Crippen molar-refractivity contribution in [3.05, 3.63) is 127 Å². The molecular formula is C49H52N6O5. The first-order chi connectivity index (χ1) is 29.3. The lowest BCUT2D eigenvalue weighted by Crippen LogP contribution is -2.63. The van der Waals surface area contributed by atoms with Crippen molar-refractivity contribution in [2.45, 2.75) is 75.1 Å². The van der Waals surface area contributed by atoms with Crippen LogP contribution in [0.25, 0.3) is 32.6 Å². The number of allylic oxidation sites excluding steroid dienone is 1. The van der Waals surface area contributed by atoms with Gasteiger partial charge in [-0.2, -0.15) is 0 Å². The highest BCUT2D eigenvalue weighted by Crippen LogP contribution is 2.49. The lowest BCUT2D eigenvalue weighted by molar-refractivity contribution is -0.124. The van der Waals surface area contributed by atoms with Gasteiger partial charge in [0.15, 0.2) is 0 Å². The molecule has 11 nitrogen and oxygen atoms in total. The molecule has 11 heteroatoms. The average Bonchev–Trinajstić information content (AvgIpc) is 3.62. The Bertz CT molecular complexity index is 2600. The first-order valence-electron chi connectivity index (χ1n) is 21.3. The highest BCUT2D eigenvalue weighted by atomic mass is 16.5. The van der Waals surface area contributed by atoms with Gasteiger partial charge in [0.25, 0.3) is 0 Å². The minimum Gasteiger partial charge on any atom is -0.497 e. The molecule has 4 aliphatic heterocycles. The second kappa shape index (κ2) is 15.5. The number of hydrogen-bond donors (Lipinski definition) is 2. The van der Waals surface area contributed by atoms with Crippen LogP contribution >= 0.6 is 0 Å². The molecule has 5 aliphatic rings. The predicted molar refractivity (Wildman–Crippen MR) is 232 cm³/mol. The number of likely N-dealkylation sites (tertiary alicyclic amines) is 1. The van der Waals surface area contributed by atoms with Gasteiger partial charge < -0.3 is 24.4 Å². The van der Waals surface area contributed by atoms with Gasteiger partial charge in [-0.05, 0) is 124 Å². The minimum atomic E-state index is -0.955. The lowest BCUT2D eigenvalue weighted by Gasteiger charge is -2.54. The summed E-state index contributed by atoms with van der Waals surface area (Å²) in [6.07, 6.45) is 10.4. The van der Waals surface area contributed by atoms with Crippen molar-refractivity contribution in [2.24, 2.45) is 17.8 Å². The molecule has 5 fully saturated rings. The maximum Gasteiger partial charge on any atom is 0.242 e. The molecule has 60 heavy (non-hydrogen) atoms. The highest BCUT2D eigenvalue weighted by molar-refractivity contribution is 5.91. The Hall–Kier alpha value is -5.46. The number of benzene rings is 3. The van der Waals surface area contributed by atoms with Gasteiger partial charge in [-0.15, -0.1) is 23.4 Å². The predicted octanol–water partition coefficient (Wildman–Crippen LogP) is 7.76. The number of aliphatic hydroxyl groups excluding tert-OH is 1. The van der Waals surface area contributed by atoms with Crippen LogP contribution in [0, 0.1) is 17.8 Å². The van der Waals surface area contributed by atoms with E-state index >= 15 is 0 Å². The number of fused-ring (bicyclic) bond motifs is 7. The third kappa shape index (κ3) is 6.50. The van der Waals surface area contributed by atoms with Gasteiger partial charge in [-0.1, -0.05) is 30.4 Å². The maximum absolute atomic E-state index is 11.6. The summed E-state index contributed by atoms with van der Waals surface area (Å²) < 4.78 is 20.1. The summed E-state index contributed by atoms with van der Waals surface area (Å²) in [5, 5.41) is 34.8. The average molecular weight is 805 g/mol. The third-order valence-electron chi connectivity index (χ3n) is 14.3. The molecule has 3 aromatic carbocycles. The minimum absolute atomic E-state index is 0.0167. The van der Waals surface area contributed by atoms with Crippen LogP contribution in [-0.2, 0) is 6.61 Å². The first-order valence-corrected chi connectivity index (χ1v) is 21.3. The molecule has 3 aromatic heterocycles. The molecule has 11 rings (SSSR count). The quantitative estimate of drug-likeness (QED) is 0.111. The summed E-state index contributed by atoms with van der Waals surface area (Å²) in [4.78, 5) is 14.3. The van der Waals surface area contributed by atoms with E-state index in [1.807, 2.05) is 85.2 Å². The number of aliphatic hydroxyl groups is 2. The largest absolute Gasteiger partial charge is 0.497 e. The van der Waals surface area contributed by atoms with E-state index in [9.17, 15) is 10.2 Å². The van der Waals surface area contributed by atoms with Gasteiger partial charge >= 0.3 is 0 Å². The zero-order valence-corrected chi connectivity index (χ0v) is 34.2. The van der Waals surface area contributed by atoms with E-state index in [1.54, 1.807) is 13.2 Å². The lowest BCUT2D eigenvalue weighted by atomic mass is 9.69. The van der Waals surface area contributed by atoms with Crippen molar-refractivity contribution >= 4 is 32.6 Å². The summed E-state index contributed by atoms with van der Waals surface area (Å²) in [6.45, 7) is 12.6. The molecule has 7 heterocycles. The van der Waals surface area contributed by atoms with Crippen molar-refractivity contribution in [1.82, 2.24) is 30.0 Å². The van der Waals surface area contributed by atoms with E-state index in [1.165, 1.54) is 0 Å². The van der Waals surface area contributed by atoms with E-state index < -0.39 is 17.8 Å². The van der Waals surface area contributed by atoms with Crippen LogP contribution in [0.2, 0.25) is 0 Å². The molecule has 5 unspecified atom stereocenters. The Morgan fingerprint density at radius 3 is 2.25 bits per heavy atom. The third-order valence-corrected chi connectivity index (χ3v) is 14.3. The number of ether oxygens (including phenoxy) is 3. The molecular weight excluding hydrogens is 753 g/mol. The summed E-state index contributed by atoms with van der Waals surface area (Å²) >= 11 is 0. The maximum atomic E-state index is 11.6. The molecule has 1 aliphatic carbocycles. The second-order valence-corrected chi connectivity index (χ2v) is 17.2. The fraction of sp³-hybridized carbons (Fsp3) is 0.388. The standard InChI is InChI=1S/C49H52N6O5/c1-5-31-24-43-34(31)18-22-55(43)29(3)45(35-15-19-50-41-13-11-30(27-56)23-39(35)41)59-47-37-9-7-8-10-38(37)48(53-52-47)60-46(44-25-32-17-21-54(44)28-49(32,57)6-2)36-16-20-51-42-14-12-33(58-4)26-40(36)42/h5-16,19-20,23,26,29,31-32,34,43-46,56-57H,1-2,17-18,21-22,24-25,27-28H2,3-4H3/t29?,31-,32?,34-,43?,44?,45-,46-,49+/m0/s1. The molecule has 0 amide bonds. The number of rotatable bonds is 13. The number of aromatic nitrogens is 4. The number of pyridine rings is 2. The van der Waals surface area contributed by atoms with E-state index in [-0.39, 0.29) is 24.6 Å². The zero-order valence-electron chi connectivity index (χ0n) is 34.2. The SMILES string of the molecule is C=C[C@H]1CC2[C@H]1CCN2C(C)[C@H](Oc1nnc(O[C@@H](c2ccnc3ccc(OC)cc23)C2CC3CCN2C[C@]3(O)C=C)c2ccccc12)c1ccnc2ccc(CO)cc12. The van der Waals surface area contributed by atoms with Crippen molar-refractivity contribution in [2.75, 3.05) is 26.7 Å². The van der Waals surface area contributed by atoms with Crippen LogP contribution in [0.5, 0.6) is 17.5 Å². The van der Waals surface area contributed by atoms with Crippen LogP contribution in [0.4, 0.5) is 0 Å². The van der Waals surface area contributed by atoms with Crippen molar-refractivity contribution in [3.63, 3.8) is 0 Å².